The van der Waals surface area contributed by atoms with Gasteiger partial charge in [-0.25, -0.2) is 0 Å². The first kappa shape index (κ1) is 13.9. The van der Waals surface area contributed by atoms with Crippen molar-refractivity contribution in [3.63, 3.8) is 0 Å². The number of phenols is 2. The SMILES string of the molecule is Cc1[nH]ncc1CCCNC(=O)c1cc(O)ccc1O. The zero-order chi connectivity index (χ0) is 14.5. The molecule has 4 N–H and O–H groups in total. The minimum Gasteiger partial charge on any atom is -0.508 e. The highest BCUT2D eigenvalue weighted by atomic mass is 16.3. The maximum Gasteiger partial charge on any atom is 0.255 e. The number of benzene rings is 1. The third kappa shape index (κ3) is 3.28. The summed E-state index contributed by atoms with van der Waals surface area (Å²) in [6.45, 7) is 2.43. The van der Waals surface area contributed by atoms with Crippen molar-refractivity contribution in [2.24, 2.45) is 0 Å². The van der Waals surface area contributed by atoms with E-state index in [0.717, 1.165) is 24.1 Å². The Morgan fingerprint density at radius 2 is 2.20 bits per heavy atom. The second-order valence-corrected chi connectivity index (χ2v) is 4.58. The van der Waals surface area contributed by atoms with E-state index in [4.69, 9.17) is 0 Å². The smallest absolute Gasteiger partial charge is 0.255 e. The lowest BCUT2D eigenvalue weighted by Gasteiger charge is -2.07. The second kappa shape index (κ2) is 6.10. The first-order valence-electron chi connectivity index (χ1n) is 6.37. The molecule has 0 atom stereocenters. The van der Waals surface area contributed by atoms with Gasteiger partial charge in [0.1, 0.15) is 11.5 Å². The van der Waals surface area contributed by atoms with E-state index < -0.39 is 5.91 Å². The Bertz CT molecular complexity index is 607. The van der Waals surface area contributed by atoms with Gasteiger partial charge in [0.15, 0.2) is 0 Å². The van der Waals surface area contributed by atoms with E-state index >= 15 is 0 Å². The normalized spacial score (nSPS) is 10.4. The molecule has 0 saturated heterocycles. The molecule has 0 radical (unpaired) electrons. The molecule has 0 unspecified atom stereocenters. The highest BCUT2D eigenvalue weighted by Crippen LogP contribution is 2.21. The van der Waals surface area contributed by atoms with Crippen molar-refractivity contribution in [1.82, 2.24) is 15.5 Å². The third-order valence-electron chi connectivity index (χ3n) is 3.07. The van der Waals surface area contributed by atoms with Gasteiger partial charge in [0.2, 0.25) is 0 Å². The van der Waals surface area contributed by atoms with Crippen LogP contribution in [0.25, 0.3) is 0 Å². The molecule has 2 aromatic rings. The summed E-state index contributed by atoms with van der Waals surface area (Å²) in [5.74, 6) is -0.602. The molecule has 2 rings (SSSR count). The van der Waals surface area contributed by atoms with Crippen molar-refractivity contribution in [3.05, 3.63) is 41.2 Å². The third-order valence-corrected chi connectivity index (χ3v) is 3.07. The van der Waals surface area contributed by atoms with Crippen LogP contribution in [0.3, 0.4) is 0 Å². The van der Waals surface area contributed by atoms with Gasteiger partial charge in [-0.3, -0.25) is 9.89 Å². The lowest BCUT2D eigenvalue weighted by molar-refractivity contribution is 0.0950. The van der Waals surface area contributed by atoms with Crippen molar-refractivity contribution < 1.29 is 15.0 Å². The number of phenolic OH excluding ortho intramolecular Hbond substituents is 2. The average molecular weight is 275 g/mol. The maximum atomic E-state index is 11.8. The first-order valence-corrected chi connectivity index (χ1v) is 6.37. The number of amides is 1. The van der Waals surface area contributed by atoms with Gasteiger partial charge in [0.05, 0.1) is 11.8 Å². The molecule has 1 aromatic carbocycles. The van der Waals surface area contributed by atoms with Crippen LogP contribution in [-0.4, -0.2) is 32.9 Å². The molecule has 0 aliphatic rings. The number of nitrogens with zero attached hydrogens (tertiary/aromatic N) is 1. The second-order valence-electron chi connectivity index (χ2n) is 4.58. The van der Waals surface area contributed by atoms with Crippen molar-refractivity contribution in [3.8, 4) is 11.5 Å². The van der Waals surface area contributed by atoms with Gasteiger partial charge in [-0.05, 0) is 43.5 Å². The molecule has 6 nitrogen and oxygen atoms in total. The van der Waals surface area contributed by atoms with Crippen LogP contribution in [0, 0.1) is 6.92 Å². The lowest BCUT2D eigenvalue weighted by atomic mass is 10.1. The summed E-state index contributed by atoms with van der Waals surface area (Å²) in [6.07, 6.45) is 3.36. The van der Waals surface area contributed by atoms with Gasteiger partial charge in [0.25, 0.3) is 5.91 Å². The van der Waals surface area contributed by atoms with Gasteiger partial charge in [-0.1, -0.05) is 0 Å². The van der Waals surface area contributed by atoms with E-state index in [-0.39, 0.29) is 17.1 Å². The van der Waals surface area contributed by atoms with E-state index in [1.807, 2.05) is 6.92 Å². The Kier molecular flexibility index (Phi) is 4.24. The summed E-state index contributed by atoms with van der Waals surface area (Å²) in [4.78, 5) is 11.8. The predicted molar refractivity (Wildman–Crippen MR) is 73.8 cm³/mol. The van der Waals surface area contributed by atoms with Crippen molar-refractivity contribution in [1.29, 1.82) is 0 Å². The number of nitrogens with one attached hydrogen (secondary N) is 2. The summed E-state index contributed by atoms with van der Waals surface area (Å²) in [6, 6.07) is 3.86. The van der Waals surface area contributed by atoms with Crippen LogP contribution in [0.15, 0.2) is 24.4 Å². The summed E-state index contributed by atoms with van der Waals surface area (Å²) < 4.78 is 0. The van der Waals surface area contributed by atoms with E-state index in [9.17, 15) is 15.0 Å². The minimum atomic E-state index is -0.401. The predicted octanol–water partition coefficient (Wildman–Crippen LogP) is 1.49. The van der Waals surface area contributed by atoms with E-state index in [1.54, 1.807) is 6.20 Å². The molecule has 0 fully saturated rings. The van der Waals surface area contributed by atoms with E-state index in [0.29, 0.717) is 6.54 Å². The van der Waals surface area contributed by atoms with Crippen LogP contribution >= 0.6 is 0 Å². The monoisotopic (exact) mass is 275 g/mol. The van der Waals surface area contributed by atoms with E-state index in [2.05, 4.69) is 15.5 Å². The van der Waals surface area contributed by atoms with Crippen molar-refractivity contribution in [2.45, 2.75) is 19.8 Å². The number of aromatic amines is 1. The van der Waals surface area contributed by atoms with Crippen LogP contribution < -0.4 is 5.32 Å². The Balaban J connectivity index is 1.83. The van der Waals surface area contributed by atoms with Crippen LogP contribution in [0.2, 0.25) is 0 Å². The highest BCUT2D eigenvalue weighted by Gasteiger charge is 2.11. The van der Waals surface area contributed by atoms with Crippen LogP contribution in [0.4, 0.5) is 0 Å². The Labute approximate surface area is 116 Å². The zero-order valence-electron chi connectivity index (χ0n) is 11.2. The molecule has 0 bridgehead atoms. The first-order chi connectivity index (χ1) is 9.58. The number of carbonyl (C=O) groups excluding carboxylic acids is 1. The zero-order valence-corrected chi connectivity index (χ0v) is 11.2. The number of H-pyrrole nitrogens is 1. The number of aromatic nitrogens is 2. The molecule has 0 saturated carbocycles. The highest BCUT2D eigenvalue weighted by molar-refractivity contribution is 5.97. The Hall–Kier alpha value is -2.50. The molecule has 0 aliphatic heterocycles. The fraction of sp³-hybridized carbons (Fsp3) is 0.286. The minimum absolute atomic E-state index is 0.0537. The molecule has 1 aromatic heterocycles. The lowest BCUT2D eigenvalue weighted by Crippen LogP contribution is -2.24. The summed E-state index contributed by atoms with van der Waals surface area (Å²) in [5.41, 5.74) is 2.23. The molecule has 1 amide bonds. The molecule has 6 heteroatoms. The molecule has 106 valence electrons. The van der Waals surface area contributed by atoms with Gasteiger partial charge < -0.3 is 15.5 Å². The number of aromatic hydroxyl groups is 2. The topological polar surface area (TPSA) is 98.2 Å². The summed E-state index contributed by atoms with van der Waals surface area (Å²) >= 11 is 0. The molecule has 1 heterocycles. The fourth-order valence-corrected chi connectivity index (χ4v) is 1.91. The van der Waals surface area contributed by atoms with E-state index in [1.165, 1.54) is 18.2 Å². The summed E-state index contributed by atoms with van der Waals surface area (Å²) in [7, 11) is 0. The van der Waals surface area contributed by atoms with Crippen molar-refractivity contribution >= 4 is 5.91 Å². The quantitative estimate of drug-likeness (QED) is 0.491. The number of carbonyl (C=O) groups is 1. The Morgan fingerprint density at radius 1 is 1.40 bits per heavy atom. The standard InChI is InChI=1S/C14H17N3O3/c1-9-10(8-16-17-9)3-2-6-15-14(20)12-7-11(18)4-5-13(12)19/h4-5,7-8,18-19H,2-3,6H2,1H3,(H,15,20)(H,16,17). The average Bonchev–Trinajstić information content (AvgIpc) is 2.83. The number of rotatable bonds is 5. The molecule has 0 spiro atoms. The maximum absolute atomic E-state index is 11.8. The number of hydrogen-bond acceptors (Lipinski definition) is 4. The van der Waals surface area contributed by atoms with Crippen LogP contribution in [0.1, 0.15) is 28.0 Å². The summed E-state index contributed by atoms with van der Waals surface area (Å²) in [5, 5.41) is 28.4. The van der Waals surface area contributed by atoms with Gasteiger partial charge in [0, 0.05) is 12.2 Å². The Morgan fingerprint density at radius 3 is 2.90 bits per heavy atom. The molecular weight excluding hydrogens is 258 g/mol. The molecule has 0 aliphatic carbocycles. The van der Waals surface area contributed by atoms with Gasteiger partial charge >= 0.3 is 0 Å². The van der Waals surface area contributed by atoms with Crippen LogP contribution in [-0.2, 0) is 6.42 Å². The molecule has 20 heavy (non-hydrogen) atoms. The number of hydrogen-bond donors (Lipinski definition) is 4. The van der Waals surface area contributed by atoms with Gasteiger partial charge in [-0.2, -0.15) is 5.10 Å². The largest absolute Gasteiger partial charge is 0.508 e. The van der Waals surface area contributed by atoms with Crippen LogP contribution in [0.5, 0.6) is 11.5 Å². The molecular formula is C14H17N3O3. The number of aryl methyl sites for hydroxylation is 2. The van der Waals surface area contributed by atoms with Gasteiger partial charge in [-0.15, -0.1) is 0 Å². The van der Waals surface area contributed by atoms with Crippen molar-refractivity contribution in [2.75, 3.05) is 6.54 Å². The fourth-order valence-electron chi connectivity index (χ4n) is 1.91.